The molecule has 1 aromatic carbocycles. The molecule has 0 N–H and O–H groups in total. The summed E-state index contributed by atoms with van der Waals surface area (Å²) in [4.78, 5) is 2.49. The molecule has 0 bridgehead atoms. The third-order valence-electron chi connectivity index (χ3n) is 5.11. The van der Waals surface area contributed by atoms with Crippen LogP contribution in [0.25, 0.3) is 0 Å². The van der Waals surface area contributed by atoms with Crippen molar-refractivity contribution >= 4 is 0 Å². The molecule has 3 rings (SSSR count). The van der Waals surface area contributed by atoms with Gasteiger partial charge in [-0.3, -0.25) is 0 Å². The fraction of sp³-hybridized carbons (Fsp3) is 0.647. The fourth-order valence-corrected chi connectivity index (χ4v) is 4.28. The minimum absolute atomic E-state index is 0.615. The van der Waals surface area contributed by atoms with Gasteiger partial charge in [-0.25, -0.2) is 0 Å². The molecule has 1 saturated carbocycles. The summed E-state index contributed by atoms with van der Waals surface area (Å²) in [6.07, 6.45) is 4.00. The van der Waals surface area contributed by atoms with Crippen molar-refractivity contribution < 1.29 is 9.47 Å². The average Bonchev–Trinajstić information content (AvgIpc) is 2.86. The standard InChI is InChI=1S/C17H25NO2/c1-18-10-12-6-4-7-13(15(12)11-18)14-8-5-9-16(19-2)17(14)20-3/h5,8-9,12-13,15H,4,6-7,10-11H2,1-3H3. The van der Waals surface area contributed by atoms with Crippen LogP contribution in [-0.2, 0) is 0 Å². The van der Waals surface area contributed by atoms with Crippen LogP contribution in [0.1, 0.15) is 30.7 Å². The van der Waals surface area contributed by atoms with Gasteiger partial charge in [-0.1, -0.05) is 18.6 Å². The molecule has 2 aliphatic rings. The topological polar surface area (TPSA) is 21.7 Å². The first-order valence-electron chi connectivity index (χ1n) is 7.64. The van der Waals surface area contributed by atoms with Crippen LogP contribution < -0.4 is 9.47 Å². The SMILES string of the molecule is COc1cccc(C2CCCC3CN(C)CC32)c1OC. The Labute approximate surface area is 121 Å². The number of ether oxygens (including phenoxy) is 2. The number of hydrogen-bond donors (Lipinski definition) is 0. The second kappa shape index (κ2) is 5.65. The number of benzene rings is 1. The lowest BCUT2D eigenvalue weighted by Crippen LogP contribution is -2.26. The van der Waals surface area contributed by atoms with E-state index in [0.29, 0.717) is 5.92 Å². The molecule has 1 aliphatic heterocycles. The normalized spacial score (nSPS) is 30.1. The molecule has 3 unspecified atom stereocenters. The van der Waals surface area contributed by atoms with E-state index in [9.17, 15) is 0 Å². The van der Waals surface area contributed by atoms with Crippen molar-refractivity contribution in [1.82, 2.24) is 4.90 Å². The molecular weight excluding hydrogens is 250 g/mol. The summed E-state index contributed by atoms with van der Waals surface area (Å²) in [5.74, 6) is 4.04. The van der Waals surface area contributed by atoms with Gasteiger partial charge in [-0.15, -0.1) is 0 Å². The molecule has 0 spiro atoms. The molecule has 0 aromatic heterocycles. The van der Waals surface area contributed by atoms with Crippen LogP contribution in [-0.4, -0.2) is 39.3 Å². The largest absolute Gasteiger partial charge is 0.493 e. The minimum Gasteiger partial charge on any atom is -0.493 e. The van der Waals surface area contributed by atoms with Crippen LogP contribution in [0.5, 0.6) is 11.5 Å². The van der Waals surface area contributed by atoms with Crippen LogP contribution in [0.3, 0.4) is 0 Å². The van der Waals surface area contributed by atoms with E-state index in [1.165, 1.54) is 37.9 Å². The van der Waals surface area contributed by atoms with Gasteiger partial charge >= 0.3 is 0 Å². The highest BCUT2D eigenvalue weighted by Gasteiger charge is 2.40. The molecule has 1 heterocycles. The van der Waals surface area contributed by atoms with Gasteiger partial charge in [0.25, 0.3) is 0 Å². The van der Waals surface area contributed by atoms with Crippen molar-refractivity contribution in [2.75, 3.05) is 34.4 Å². The number of hydrogen-bond acceptors (Lipinski definition) is 3. The maximum atomic E-state index is 5.66. The number of fused-ring (bicyclic) bond motifs is 1. The van der Waals surface area contributed by atoms with E-state index in [4.69, 9.17) is 9.47 Å². The molecule has 20 heavy (non-hydrogen) atoms. The van der Waals surface area contributed by atoms with Gasteiger partial charge < -0.3 is 14.4 Å². The van der Waals surface area contributed by atoms with Gasteiger partial charge in [0.1, 0.15) is 0 Å². The van der Waals surface area contributed by atoms with Crippen molar-refractivity contribution in [3.8, 4) is 11.5 Å². The minimum atomic E-state index is 0.615. The Morgan fingerprint density at radius 1 is 1.10 bits per heavy atom. The Morgan fingerprint density at radius 3 is 2.70 bits per heavy atom. The number of likely N-dealkylation sites (tertiary alicyclic amines) is 1. The molecule has 1 aromatic rings. The van der Waals surface area contributed by atoms with E-state index in [2.05, 4.69) is 24.1 Å². The van der Waals surface area contributed by atoms with Crippen LogP contribution in [0, 0.1) is 11.8 Å². The van der Waals surface area contributed by atoms with Crippen LogP contribution in [0.15, 0.2) is 18.2 Å². The highest BCUT2D eigenvalue weighted by Crippen LogP contribution is 2.48. The summed E-state index contributed by atoms with van der Waals surface area (Å²) >= 11 is 0. The maximum absolute atomic E-state index is 5.66. The highest BCUT2D eigenvalue weighted by molar-refractivity contribution is 5.48. The molecule has 3 atom stereocenters. The summed E-state index contributed by atoms with van der Waals surface area (Å²) < 4.78 is 11.1. The zero-order valence-corrected chi connectivity index (χ0v) is 12.8. The van der Waals surface area contributed by atoms with Crippen molar-refractivity contribution in [3.63, 3.8) is 0 Å². The smallest absolute Gasteiger partial charge is 0.164 e. The monoisotopic (exact) mass is 275 g/mol. The molecule has 1 aliphatic carbocycles. The van der Waals surface area contributed by atoms with Gasteiger partial charge in [0.15, 0.2) is 11.5 Å². The summed E-state index contributed by atoms with van der Waals surface area (Å²) in [6, 6.07) is 6.31. The number of para-hydroxylation sites is 1. The van der Waals surface area contributed by atoms with E-state index in [1.54, 1.807) is 14.2 Å². The lowest BCUT2D eigenvalue weighted by Gasteiger charge is -2.34. The van der Waals surface area contributed by atoms with Crippen molar-refractivity contribution in [1.29, 1.82) is 0 Å². The van der Waals surface area contributed by atoms with E-state index in [1.807, 2.05) is 6.07 Å². The zero-order valence-electron chi connectivity index (χ0n) is 12.8. The van der Waals surface area contributed by atoms with Crippen molar-refractivity contribution in [3.05, 3.63) is 23.8 Å². The Bertz CT molecular complexity index is 474. The quantitative estimate of drug-likeness (QED) is 0.846. The summed E-state index contributed by atoms with van der Waals surface area (Å²) in [5, 5.41) is 0. The first-order valence-corrected chi connectivity index (χ1v) is 7.64. The molecule has 0 radical (unpaired) electrons. The average molecular weight is 275 g/mol. The zero-order chi connectivity index (χ0) is 14.1. The summed E-state index contributed by atoms with van der Waals surface area (Å²) in [6.45, 7) is 2.48. The Balaban J connectivity index is 1.95. The second-order valence-electron chi connectivity index (χ2n) is 6.27. The van der Waals surface area contributed by atoms with Crippen molar-refractivity contribution in [2.45, 2.75) is 25.2 Å². The predicted octanol–water partition coefficient (Wildman–Crippen LogP) is 3.15. The van der Waals surface area contributed by atoms with E-state index < -0.39 is 0 Å². The molecule has 1 saturated heterocycles. The molecule has 0 amide bonds. The number of rotatable bonds is 3. The maximum Gasteiger partial charge on any atom is 0.164 e. The van der Waals surface area contributed by atoms with Crippen molar-refractivity contribution in [2.24, 2.45) is 11.8 Å². The lowest BCUT2D eigenvalue weighted by molar-refractivity contribution is 0.251. The van der Waals surface area contributed by atoms with Crippen LogP contribution in [0.4, 0.5) is 0 Å². The molecule has 110 valence electrons. The highest BCUT2D eigenvalue weighted by atomic mass is 16.5. The molecule has 3 heteroatoms. The Kier molecular flexibility index (Phi) is 3.88. The third kappa shape index (κ3) is 2.28. The van der Waals surface area contributed by atoms with E-state index in [0.717, 1.165) is 23.3 Å². The van der Waals surface area contributed by atoms with Crippen LogP contribution in [0.2, 0.25) is 0 Å². The van der Waals surface area contributed by atoms with Gasteiger partial charge in [0, 0.05) is 18.7 Å². The van der Waals surface area contributed by atoms with Gasteiger partial charge in [0.05, 0.1) is 14.2 Å². The summed E-state index contributed by atoms with van der Waals surface area (Å²) in [7, 11) is 5.72. The van der Waals surface area contributed by atoms with Crippen LogP contribution >= 0.6 is 0 Å². The first kappa shape index (κ1) is 13.7. The molecule has 2 fully saturated rings. The molecule has 3 nitrogen and oxygen atoms in total. The lowest BCUT2D eigenvalue weighted by atomic mass is 9.71. The second-order valence-corrected chi connectivity index (χ2v) is 6.27. The first-order chi connectivity index (χ1) is 9.74. The Hall–Kier alpha value is -1.22. The third-order valence-corrected chi connectivity index (χ3v) is 5.11. The van der Waals surface area contributed by atoms with E-state index >= 15 is 0 Å². The van der Waals surface area contributed by atoms with Gasteiger partial charge in [0.2, 0.25) is 0 Å². The molecular formula is C17H25NO2. The summed E-state index contributed by atoms with van der Waals surface area (Å²) in [5.41, 5.74) is 1.34. The number of methoxy groups -OCH3 is 2. The van der Waals surface area contributed by atoms with Gasteiger partial charge in [-0.2, -0.15) is 0 Å². The Morgan fingerprint density at radius 2 is 1.95 bits per heavy atom. The fourth-order valence-electron chi connectivity index (χ4n) is 4.28. The van der Waals surface area contributed by atoms with Gasteiger partial charge in [-0.05, 0) is 43.7 Å². The predicted molar refractivity (Wildman–Crippen MR) is 80.6 cm³/mol. The number of nitrogens with zero attached hydrogens (tertiary/aromatic N) is 1. The van der Waals surface area contributed by atoms with E-state index in [-0.39, 0.29) is 0 Å².